The molecular formula is C10H10N2O3S. The highest BCUT2D eigenvalue weighted by atomic mass is 32.2. The molecule has 2 rings (SSSR count). The van der Waals surface area contributed by atoms with E-state index in [0.29, 0.717) is 12.1 Å². The number of aromatic amines is 1. The molecule has 0 amide bonds. The minimum absolute atomic E-state index is 0.202. The third-order valence-electron chi connectivity index (χ3n) is 2.24. The minimum atomic E-state index is -2.24. The lowest BCUT2D eigenvalue weighted by Crippen LogP contribution is -2.16. The Bertz CT molecular complexity index is 663. The molecule has 0 saturated heterocycles. The van der Waals surface area contributed by atoms with Crippen molar-refractivity contribution in [3.63, 3.8) is 0 Å². The van der Waals surface area contributed by atoms with Gasteiger partial charge in [-0.1, -0.05) is 6.08 Å². The Morgan fingerprint density at radius 2 is 2.19 bits per heavy atom. The smallest absolute Gasteiger partial charge is 0.271 e. The predicted molar refractivity (Wildman–Crippen MR) is 61.7 cm³/mol. The molecule has 0 bridgehead atoms. The summed E-state index contributed by atoms with van der Waals surface area (Å²) in [4.78, 5) is 11.8. The summed E-state index contributed by atoms with van der Waals surface area (Å²) in [6.07, 6.45) is 5.28. The fourth-order valence-electron chi connectivity index (χ4n) is 1.53. The Labute approximate surface area is 93.2 Å². The molecule has 0 fully saturated rings. The molecule has 0 spiro atoms. The van der Waals surface area contributed by atoms with Gasteiger partial charge in [0.25, 0.3) is 5.56 Å². The zero-order chi connectivity index (χ0) is 11.7. The third-order valence-corrected chi connectivity index (χ3v) is 2.95. The number of hydrogen-bond donors (Lipinski definition) is 1. The number of aromatic nitrogens is 2. The van der Waals surface area contributed by atoms with E-state index in [0.717, 1.165) is 5.69 Å². The van der Waals surface area contributed by atoms with Crippen molar-refractivity contribution in [1.82, 2.24) is 9.78 Å². The first-order valence-electron chi connectivity index (χ1n) is 4.70. The van der Waals surface area contributed by atoms with Crippen molar-refractivity contribution in [3.8, 4) is 0 Å². The quantitative estimate of drug-likeness (QED) is 0.717. The fourth-order valence-corrected chi connectivity index (χ4v) is 1.98. The molecule has 6 heteroatoms. The number of aryl methyl sites for hydroxylation is 1. The van der Waals surface area contributed by atoms with Gasteiger partial charge in [-0.15, -0.1) is 0 Å². The lowest BCUT2D eigenvalue weighted by Gasteiger charge is -2.07. The number of H-pyrrole nitrogens is 1. The van der Waals surface area contributed by atoms with Crippen molar-refractivity contribution in [2.45, 2.75) is 13.3 Å². The maximum atomic E-state index is 11.5. The standard InChI is InChI=1S/C10H10N2O3S/c1-7-5-10(13)12(11-7)8-3-2-4-9(6-8)16(14)15/h2-3,5-6,11H,4H2,1H3. The predicted octanol–water partition coefficient (Wildman–Crippen LogP) is 0.337. The summed E-state index contributed by atoms with van der Waals surface area (Å²) in [5.74, 6) is 0. The topological polar surface area (TPSA) is 71.9 Å². The van der Waals surface area contributed by atoms with Gasteiger partial charge in [0.05, 0.1) is 10.6 Å². The van der Waals surface area contributed by atoms with Crippen molar-refractivity contribution >= 4 is 20.9 Å². The molecule has 0 aliphatic heterocycles. The average Bonchev–Trinajstić information content (AvgIpc) is 2.58. The fraction of sp³-hybridized carbons (Fsp3) is 0.200. The largest absolute Gasteiger partial charge is 0.295 e. The van der Waals surface area contributed by atoms with Crippen LogP contribution in [0.1, 0.15) is 12.1 Å². The summed E-state index contributed by atoms with van der Waals surface area (Å²) in [6.45, 7) is 1.77. The summed E-state index contributed by atoms with van der Waals surface area (Å²) in [6, 6.07) is 1.46. The maximum absolute atomic E-state index is 11.5. The van der Waals surface area contributed by atoms with Crippen molar-refractivity contribution in [2.24, 2.45) is 0 Å². The van der Waals surface area contributed by atoms with Crippen LogP contribution in [0.2, 0.25) is 0 Å². The van der Waals surface area contributed by atoms with Crippen molar-refractivity contribution in [1.29, 1.82) is 0 Å². The first kappa shape index (κ1) is 10.7. The average molecular weight is 238 g/mol. The monoisotopic (exact) mass is 238 g/mol. The Morgan fingerprint density at radius 1 is 1.44 bits per heavy atom. The molecule has 0 atom stereocenters. The second-order valence-corrected chi connectivity index (χ2v) is 4.48. The summed E-state index contributed by atoms with van der Waals surface area (Å²) < 4.78 is 22.9. The van der Waals surface area contributed by atoms with E-state index >= 15 is 0 Å². The Morgan fingerprint density at radius 3 is 2.75 bits per heavy atom. The molecule has 16 heavy (non-hydrogen) atoms. The number of rotatable bonds is 1. The van der Waals surface area contributed by atoms with E-state index in [-0.39, 0.29) is 10.4 Å². The molecule has 1 heterocycles. The van der Waals surface area contributed by atoms with Crippen LogP contribution < -0.4 is 5.56 Å². The Kier molecular flexibility index (Phi) is 2.66. The van der Waals surface area contributed by atoms with Crippen molar-refractivity contribution in [2.75, 3.05) is 0 Å². The van der Waals surface area contributed by atoms with Crippen LogP contribution in [0, 0.1) is 6.92 Å². The first-order valence-corrected chi connectivity index (χ1v) is 5.78. The molecule has 5 nitrogen and oxygen atoms in total. The SMILES string of the molecule is Cc1cc(=O)n(C2=CC(=S(=O)=O)CC=C2)[nH]1. The Hall–Kier alpha value is -1.82. The molecule has 0 aromatic carbocycles. The van der Waals surface area contributed by atoms with Gasteiger partial charge in [0.2, 0.25) is 10.3 Å². The van der Waals surface area contributed by atoms with Gasteiger partial charge in [-0.3, -0.25) is 9.89 Å². The van der Waals surface area contributed by atoms with Gasteiger partial charge in [-0.05, 0) is 19.1 Å². The van der Waals surface area contributed by atoms with Gasteiger partial charge < -0.3 is 0 Å². The molecule has 84 valence electrons. The second kappa shape index (κ2) is 3.97. The molecule has 1 aromatic heterocycles. The number of nitrogens with zero attached hydrogens (tertiary/aromatic N) is 1. The first-order chi connectivity index (χ1) is 7.58. The molecule has 0 saturated carbocycles. The summed E-state index contributed by atoms with van der Waals surface area (Å²) in [5.41, 5.74) is 1.06. The van der Waals surface area contributed by atoms with E-state index in [1.165, 1.54) is 16.8 Å². The van der Waals surface area contributed by atoms with Gasteiger partial charge in [0, 0.05) is 18.2 Å². The van der Waals surface area contributed by atoms with Crippen molar-refractivity contribution < 1.29 is 8.42 Å². The maximum Gasteiger partial charge on any atom is 0.271 e. The van der Waals surface area contributed by atoms with Crippen LogP contribution >= 0.6 is 0 Å². The zero-order valence-corrected chi connectivity index (χ0v) is 9.41. The van der Waals surface area contributed by atoms with Crippen LogP contribution in [-0.4, -0.2) is 23.1 Å². The molecule has 1 aliphatic carbocycles. The molecular weight excluding hydrogens is 228 g/mol. The van der Waals surface area contributed by atoms with Crippen molar-refractivity contribution in [3.05, 3.63) is 40.3 Å². The number of hydrogen-bond acceptors (Lipinski definition) is 3. The van der Waals surface area contributed by atoms with Crippen LogP contribution in [0.25, 0.3) is 5.70 Å². The van der Waals surface area contributed by atoms with Gasteiger partial charge in [0.1, 0.15) is 0 Å². The third kappa shape index (κ3) is 1.92. The summed E-state index contributed by atoms with van der Waals surface area (Å²) >= 11 is 0. The lowest BCUT2D eigenvalue weighted by atomic mass is 10.1. The van der Waals surface area contributed by atoms with E-state index in [9.17, 15) is 13.2 Å². The molecule has 1 N–H and O–H groups in total. The molecule has 1 aromatic rings. The molecule has 1 aliphatic rings. The van der Waals surface area contributed by atoms with Crippen LogP contribution in [0.5, 0.6) is 0 Å². The van der Waals surface area contributed by atoms with Gasteiger partial charge in [-0.2, -0.15) is 8.42 Å². The second-order valence-electron chi connectivity index (χ2n) is 3.49. The summed E-state index contributed by atoms with van der Waals surface area (Å²) in [7, 11) is -2.24. The number of allylic oxidation sites excluding steroid dienone is 4. The van der Waals surface area contributed by atoms with Crippen LogP contribution in [0.4, 0.5) is 0 Å². The lowest BCUT2D eigenvalue weighted by molar-refractivity contribution is 0.627. The normalized spacial score (nSPS) is 15.1. The highest BCUT2D eigenvalue weighted by Gasteiger charge is 2.08. The van der Waals surface area contributed by atoms with E-state index < -0.39 is 10.3 Å². The van der Waals surface area contributed by atoms with Crippen LogP contribution in [0.15, 0.2) is 29.1 Å². The Balaban J connectivity index is 2.58. The summed E-state index contributed by atoms with van der Waals surface area (Å²) in [5, 5.41) is 2.84. The minimum Gasteiger partial charge on any atom is -0.295 e. The molecule has 0 unspecified atom stereocenters. The van der Waals surface area contributed by atoms with Gasteiger partial charge in [0.15, 0.2) is 0 Å². The van der Waals surface area contributed by atoms with E-state index in [4.69, 9.17) is 0 Å². The zero-order valence-electron chi connectivity index (χ0n) is 8.60. The number of nitrogens with one attached hydrogen (secondary N) is 1. The highest BCUT2D eigenvalue weighted by molar-refractivity contribution is 7.73. The van der Waals surface area contributed by atoms with E-state index in [2.05, 4.69) is 5.10 Å². The highest BCUT2D eigenvalue weighted by Crippen LogP contribution is 2.10. The van der Waals surface area contributed by atoms with Gasteiger partial charge in [-0.25, -0.2) is 4.68 Å². The van der Waals surface area contributed by atoms with Crippen LogP contribution in [-0.2, 0) is 10.3 Å². The van der Waals surface area contributed by atoms with E-state index in [1.54, 1.807) is 19.1 Å². The van der Waals surface area contributed by atoms with E-state index in [1.807, 2.05) is 0 Å². The van der Waals surface area contributed by atoms with Gasteiger partial charge >= 0.3 is 0 Å². The van der Waals surface area contributed by atoms with Crippen LogP contribution in [0.3, 0.4) is 0 Å². The molecule has 0 radical (unpaired) electrons.